The maximum atomic E-state index is 10.7. The molecule has 0 unspecified atom stereocenters. The van der Waals surface area contributed by atoms with Crippen LogP contribution in [0.5, 0.6) is 0 Å². The predicted molar refractivity (Wildman–Crippen MR) is 59.6 cm³/mol. The van der Waals surface area contributed by atoms with Crippen molar-refractivity contribution in [2.24, 2.45) is 5.10 Å². The summed E-state index contributed by atoms with van der Waals surface area (Å²) in [6.07, 6.45) is 4.33. The van der Waals surface area contributed by atoms with Crippen molar-refractivity contribution < 1.29 is 8.42 Å². The molecule has 6 heteroatoms. The molecule has 0 atom stereocenters. The Kier molecular flexibility index (Phi) is 5.49. The molecule has 0 bridgehead atoms. The van der Waals surface area contributed by atoms with Gasteiger partial charge in [-0.05, 0) is 12.5 Å². The van der Waals surface area contributed by atoms with Gasteiger partial charge in [-0.25, -0.2) is 8.42 Å². The number of halogens is 1. The van der Waals surface area contributed by atoms with E-state index >= 15 is 0 Å². The largest absolute Gasteiger partial charge is 0.252 e. The molecule has 0 aliphatic heterocycles. The Hall–Kier alpha value is -0.810. The number of hydrogen-bond acceptors (Lipinski definition) is 4. The van der Waals surface area contributed by atoms with Crippen LogP contribution in [0.1, 0.15) is 13.3 Å². The molecule has 0 saturated heterocycles. The monoisotopic (exact) mass is 236 g/mol. The first kappa shape index (κ1) is 13.2. The molecule has 0 N–H and O–H groups in total. The van der Waals surface area contributed by atoms with E-state index in [1.54, 1.807) is 6.08 Å². The highest BCUT2D eigenvalue weighted by molar-refractivity contribution is 8.13. The van der Waals surface area contributed by atoms with Crippen LogP contribution in [0, 0.1) is 0 Å². The summed E-state index contributed by atoms with van der Waals surface area (Å²) in [5, 5.41) is 4.61. The van der Waals surface area contributed by atoms with Gasteiger partial charge in [-0.3, -0.25) is 5.01 Å². The smallest absolute Gasteiger partial charge is 0.250 e. The third-order valence-corrected chi connectivity index (χ3v) is 2.17. The molecule has 0 aliphatic rings. The zero-order chi connectivity index (χ0) is 11.2. The zero-order valence-electron chi connectivity index (χ0n) is 7.98. The van der Waals surface area contributed by atoms with E-state index in [0.717, 1.165) is 11.4 Å². The summed E-state index contributed by atoms with van der Waals surface area (Å²) in [5.41, 5.74) is 0.436. The van der Waals surface area contributed by atoms with Crippen LogP contribution in [0.2, 0.25) is 0 Å². The third kappa shape index (κ3) is 5.77. The van der Waals surface area contributed by atoms with Crippen molar-refractivity contribution >= 4 is 26.5 Å². The molecule has 4 nitrogen and oxygen atoms in total. The average molecular weight is 237 g/mol. The lowest BCUT2D eigenvalue weighted by Gasteiger charge is -2.15. The minimum atomic E-state index is -3.64. The van der Waals surface area contributed by atoms with Gasteiger partial charge in [-0.2, -0.15) is 5.10 Å². The molecule has 0 aromatic heterocycles. The molecule has 0 fully saturated rings. The van der Waals surface area contributed by atoms with Gasteiger partial charge in [0.15, 0.2) is 5.88 Å². The minimum Gasteiger partial charge on any atom is -0.250 e. The zero-order valence-corrected chi connectivity index (χ0v) is 9.55. The van der Waals surface area contributed by atoms with Crippen molar-refractivity contribution in [2.75, 3.05) is 5.88 Å². The van der Waals surface area contributed by atoms with Crippen LogP contribution in [0.4, 0.5) is 0 Å². The molecule has 0 radical (unpaired) electrons. The highest BCUT2D eigenvalue weighted by Crippen LogP contribution is 2.09. The van der Waals surface area contributed by atoms with E-state index in [2.05, 4.69) is 18.4 Å². The van der Waals surface area contributed by atoms with Crippen molar-refractivity contribution in [2.45, 2.75) is 13.3 Å². The summed E-state index contributed by atoms with van der Waals surface area (Å²) in [4.78, 5) is 0. The highest BCUT2D eigenvalue weighted by atomic mass is 35.7. The standard InChI is InChI=1S/C8H13ClN2O2S/c1-4-5-6-8(2)11(10-3)7-14(9,12)13/h5-6H,2-4,7H2,1H3/b6-5-. The summed E-state index contributed by atoms with van der Waals surface area (Å²) < 4.78 is 21.5. The maximum absolute atomic E-state index is 10.7. The number of rotatable bonds is 6. The third-order valence-electron chi connectivity index (χ3n) is 1.32. The average Bonchev–Trinajstić information content (AvgIpc) is 2.08. The second kappa shape index (κ2) is 5.82. The molecule has 0 rings (SSSR count). The van der Waals surface area contributed by atoms with E-state index in [1.807, 2.05) is 13.0 Å². The minimum absolute atomic E-state index is 0.426. The highest BCUT2D eigenvalue weighted by Gasteiger charge is 2.12. The first-order valence-corrected chi connectivity index (χ1v) is 6.40. The fraction of sp³-hybridized carbons (Fsp3) is 0.375. The molecule has 0 saturated carbocycles. The van der Waals surface area contributed by atoms with Gasteiger partial charge < -0.3 is 0 Å². The van der Waals surface area contributed by atoms with Gasteiger partial charge in [-0.1, -0.05) is 19.6 Å². The molecule has 0 aliphatic carbocycles. The summed E-state index contributed by atoms with van der Waals surface area (Å²) in [6, 6.07) is 0. The first-order chi connectivity index (χ1) is 6.40. The molecular formula is C8H13ClN2O2S. The summed E-state index contributed by atoms with van der Waals surface area (Å²) in [6.45, 7) is 8.81. The van der Waals surface area contributed by atoms with E-state index in [9.17, 15) is 8.42 Å². The van der Waals surface area contributed by atoms with Gasteiger partial charge in [0.25, 0.3) is 9.05 Å². The normalized spacial score (nSPS) is 11.6. The molecule has 80 valence electrons. The van der Waals surface area contributed by atoms with Crippen LogP contribution >= 0.6 is 10.7 Å². The van der Waals surface area contributed by atoms with Crippen LogP contribution in [-0.2, 0) is 9.05 Å². The lowest BCUT2D eigenvalue weighted by Crippen LogP contribution is -2.20. The molecule has 0 aromatic carbocycles. The molecule has 0 spiro atoms. The van der Waals surface area contributed by atoms with Crippen molar-refractivity contribution in [3.63, 3.8) is 0 Å². The number of nitrogens with zero attached hydrogens (tertiary/aromatic N) is 2. The van der Waals surface area contributed by atoms with Gasteiger partial charge in [0.1, 0.15) is 0 Å². The van der Waals surface area contributed by atoms with Crippen molar-refractivity contribution in [3.8, 4) is 0 Å². The predicted octanol–water partition coefficient (Wildman–Crippen LogP) is 1.91. The molecular weight excluding hydrogens is 224 g/mol. The summed E-state index contributed by atoms with van der Waals surface area (Å²) in [7, 11) is 1.43. The van der Waals surface area contributed by atoms with E-state index < -0.39 is 14.9 Å². The lowest BCUT2D eigenvalue weighted by molar-refractivity contribution is 0.435. The van der Waals surface area contributed by atoms with E-state index in [-0.39, 0.29) is 0 Å². The summed E-state index contributed by atoms with van der Waals surface area (Å²) in [5.74, 6) is -0.426. The van der Waals surface area contributed by atoms with Crippen molar-refractivity contribution in [3.05, 3.63) is 24.4 Å². The van der Waals surface area contributed by atoms with Crippen LogP contribution < -0.4 is 0 Å². The van der Waals surface area contributed by atoms with Gasteiger partial charge in [0.05, 0.1) is 5.70 Å². The number of hydrazone groups is 1. The van der Waals surface area contributed by atoms with Crippen molar-refractivity contribution in [1.29, 1.82) is 0 Å². The van der Waals surface area contributed by atoms with Crippen LogP contribution in [0.15, 0.2) is 29.5 Å². The Morgan fingerprint density at radius 2 is 2.21 bits per heavy atom. The van der Waals surface area contributed by atoms with Gasteiger partial charge in [-0.15, -0.1) is 0 Å². The fourth-order valence-corrected chi connectivity index (χ4v) is 1.52. The van der Waals surface area contributed by atoms with Crippen molar-refractivity contribution in [1.82, 2.24) is 5.01 Å². The molecule has 0 heterocycles. The Balaban J connectivity index is 4.50. The first-order valence-electron chi connectivity index (χ1n) is 3.92. The molecule has 0 aromatic rings. The molecule has 14 heavy (non-hydrogen) atoms. The quantitative estimate of drug-likeness (QED) is 0.306. The Bertz CT molecular complexity index is 335. The fourth-order valence-electron chi connectivity index (χ4n) is 0.701. The van der Waals surface area contributed by atoms with E-state index in [1.165, 1.54) is 0 Å². The Morgan fingerprint density at radius 1 is 1.64 bits per heavy atom. The lowest BCUT2D eigenvalue weighted by atomic mass is 10.3. The van der Waals surface area contributed by atoms with E-state index in [0.29, 0.717) is 5.70 Å². The van der Waals surface area contributed by atoms with Gasteiger partial charge >= 0.3 is 0 Å². The Morgan fingerprint density at radius 3 is 2.57 bits per heavy atom. The summed E-state index contributed by atoms with van der Waals surface area (Å²) >= 11 is 0. The topological polar surface area (TPSA) is 49.7 Å². The van der Waals surface area contributed by atoms with E-state index in [4.69, 9.17) is 10.7 Å². The molecule has 0 amide bonds. The van der Waals surface area contributed by atoms with Crippen LogP contribution in [-0.4, -0.2) is 26.0 Å². The van der Waals surface area contributed by atoms with Gasteiger partial charge in [0.2, 0.25) is 0 Å². The number of hydrogen-bond donors (Lipinski definition) is 0. The van der Waals surface area contributed by atoms with Gasteiger partial charge in [0, 0.05) is 17.4 Å². The Labute approximate surface area is 89.0 Å². The van der Waals surface area contributed by atoms with Crippen LogP contribution in [0.25, 0.3) is 0 Å². The number of allylic oxidation sites excluding steroid dienone is 2. The second-order valence-corrected chi connectivity index (χ2v) is 5.26. The second-order valence-electron chi connectivity index (χ2n) is 2.51. The van der Waals surface area contributed by atoms with Crippen LogP contribution in [0.3, 0.4) is 0 Å². The maximum Gasteiger partial charge on any atom is 0.252 e. The SMILES string of the molecule is C=NN(CS(=O)(=O)Cl)C(=C)/C=C\CC.